The van der Waals surface area contributed by atoms with Crippen LogP contribution in [0.3, 0.4) is 0 Å². The zero-order valence-corrected chi connectivity index (χ0v) is 16.2. The lowest BCUT2D eigenvalue weighted by Gasteiger charge is -2.16. The van der Waals surface area contributed by atoms with Crippen LogP contribution in [0.2, 0.25) is 5.02 Å². The maximum Gasteiger partial charge on any atom is 0.332 e. The van der Waals surface area contributed by atoms with Crippen molar-refractivity contribution in [2.75, 3.05) is 32.6 Å². The molecule has 0 aliphatic carbocycles. The first kappa shape index (κ1) is 20.2. The minimum Gasteiger partial charge on any atom is -0.313 e. The Kier molecular flexibility index (Phi) is 5.90. The van der Waals surface area contributed by atoms with E-state index in [4.69, 9.17) is 11.6 Å². The monoisotopic (exact) mass is 399 g/mol. The number of carbonyl (C=O) groups is 1. The Morgan fingerprint density at radius 3 is 2.54 bits per heavy atom. The number of likely N-dealkylation sites (N-methyl/N-ethyl adjacent to an activating group) is 2. The second-order valence-electron chi connectivity index (χ2n) is 6.16. The van der Waals surface area contributed by atoms with E-state index >= 15 is 0 Å². The molecule has 2 heterocycles. The number of nitrogens with zero attached hydrogens (tertiary/aromatic N) is 5. The minimum atomic E-state index is -0.765. The average molecular weight is 400 g/mol. The van der Waals surface area contributed by atoms with Gasteiger partial charge < -0.3 is 9.80 Å². The Hall–Kier alpha value is -2.16. The summed E-state index contributed by atoms with van der Waals surface area (Å²) in [5.41, 5.74) is -0.383. The Bertz CT molecular complexity index is 967. The summed E-state index contributed by atoms with van der Waals surface area (Å²) >= 11 is 6.10. The zero-order valence-electron chi connectivity index (χ0n) is 14.6. The van der Waals surface area contributed by atoms with Gasteiger partial charge in [-0.15, -0.1) is 12.4 Å². The summed E-state index contributed by atoms with van der Waals surface area (Å²) in [6, 6.07) is 5.01. The van der Waals surface area contributed by atoms with Gasteiger partial charge in [0.1, 0.15) is 6.54 Å². The molecule has 0 saturated carbocycles. The normalized spacial score (nSPS) is 13.1. The van der Waals surface area contributed by atoms with Crippen molar-refractivity contribution in [2.24, 2.45) is 0 Å². The van der Waals surface area contributed by atoms with E-state index in [9.17, 15) is 14.4 Å². The second kappa shape index (κ2) is 7.61. The summed E-state index contributed by atoms with van der Waals surface area (Å²) in [5.74, 6) is -0.0461. The molecule has 0 saturated heterocycles. The third-order valence-electron chi connectivity index (χ3n) is 4.12. The smallest absolute Gasteiger partial charge is 0.313 e. The van der Waals surface area contributed by atoms with Gasteiger partial charge in [0.2, 0.25) is 5.91 Å². The summed E-state index contributed by atoms with van der Waals surface area (Å²) in [7, 11) is 5.35. The van der Waals surface area contributed by atoms with Gasteiger partial charge in [-0.1, -0.05) is 11.6 Å². The van der Waals surface area contributed by atoms with E-state index in [1.54, 1.807) is 25.2 Å². The first-order valence-electron chi connectivity index (χ1n) is 7.72. The molecule has 0 fully saturated rings. The molecule has 1 aromatic carbocycles. The molecule has 8 nitrogen and oxygen atoms in total. The molecule has 1 aromatic heterocycles. The van der Waals surface area contributed by atoms with Crippen molar-refractivity contribution in [3.63, 3.8) is 0 Å². The Morgan fingerprint density at radius 2 is 1.88 bits per heavy atom. The Labute approximate surface area is 161 Å². The molecule has 0 unspecified atom stereocenters. The van der Waals surface area contributed by atoms with Crippen molar-refractivity contribution in [3.05, 3.63) is 43.9 Å². The lowest BCUT2D eigenvalue weighted by molar-refractivity contribution is -0.118. The van der Waals surface area contributed by atoms with Crippen LogP contribution in [-0.4, -0.2) is 52.8 Å². The van der Waals surface area contributed by atoms with E-state index in [1.807, 2.05) is 19.0 Å². The number of hydrogen-bond acceptors (Lipinski definition) is 5. The van der Waals surface area contributed by atoms with E-state index in [2.05, 4.69) is 5.10 Å². The van der Waals surface area contributed by atoms with Gasteiger partial charge in [-0.05, 0) is 32.3 Å². The average Bonchev–Trinajstić information content (AvgIpc) is 2.66. The molecule has 0 N–H and O–H groups in total. The van der Waals surface area contributed by atoms with Gasteiger partial charge in [0, 0.05) is 24.2 Å². The highest BCUT2D eigenvalue weighted by molar-refractivity contribution is 6.31. The Morgan fingerprint density at radius 1 is 1.19 bits per heavy atom. The van der Waals surface area contributed by atoms with Crippen molar-refractivity contribution < 1.29 is 4.79 Å². The third-order valence-corrected chi connectivity index (χ3v) is 4.36. The van der Waals surface area contributed by atoms with Crippen molar-refractivity contribution in [2.45, 2.75) is 13.1 Å². The predicted octanol–water partition coefficient (Wildman–Crippen LogP) is 0.685. The van der Waals surface area contributed by atoms with Crippen LogP contribution in [0.15, 0.2) is 27.8 Å². The number of rotatable bonds is 3. The standard InChI is InChI=1S/C16H18ClN5O3.ClH/c1-19(2)6-7-22-16(25)15(24)21-9-13(23)20(3)12-5-4-10(17)8-11(12)14(21)18-22;/h4-5,8H,6-7,9H2,1-3H3;1H. The van der Waals surface area contributed by atoms with Gasteiger partial charge in [-0.3, -0.25) is 19.0 Å². The van der Waals surface area contributed by atoms with Gasteiger partial charge >= 0.3 is 11.1 Å². The molecule has 140 valence electrons. The second-order valence-corrected chi connectivity index (χ2v) is 6.60. The van der Waals surface area contributed by atoms with Gasteiger partial charge in [0.25, 0.3) is 0 Å². The van der Waals surface area contributed by atoms with Crippen LogP contribution in [-0.2, 0) is 17.9 Å². The minimum absolute atomic E-state index is 0. The molecular formula is C16H19Cl2N5O3. The highest BCUT2D eigenvalue weighted by Crippen LogP contribution is 2.33. The van der Waals surface area contributed by atoms with E-state index in [0.29, 0.717) is 22.8 Å². The molecule has 0 radical (unpaired) electrons. The van der Waals surface area contributed by atoms with Crippen LogP contribution in [0.1, 0.15) is 0 Å². The van der Waals surface area contributed by atoms with E-state index in [1.165, 1.54) is 4.90 Å². The molecule has 26 heavy (non-hydrogen) atoms. The lowest BCUT2D eigenvalue weighted by Crippen LogP contribution is -2.45. The molecule has 0 bridgehead atoms. The summed E-state index contributed by atoms with van der Waals surface area (Å²) < 4.78 is 2.27. The number of amides is 1. The number of hydrogen-bond donors (Lipinski definition) is 0. The number of anilines is 1. The fourth-order valence-electron chi connectivity index (χ4n) is 2.68. The number of carbonyl (C=O) groups excluding carboxylic acids is 1. The van der Waals surface area contributed by atoms with Gasteiger partial charge in [-0.2, -0.15) is 5.10 Å². The zero-order chi connectivity index (χ0) is 18.3. The molecule has 1 aliphatic heterocycles. The first-order chi connectivity index (χ1) is 11.8. The van der Waals surface area contributed by atoms with Gasteiger partial charge in [-0.25, -0.2) is 4.68 Å². The van der Waals surface area contributed by atoms with E-state index < -0.39 is 11.1 Å². The molecule has 10 heteroatoms. The maximum atomic E-state index is 12.6. The molecule has 0 atom stereocenters. The SMILES string of the molecule is CN(C)CCn1nc2n(c(=O)c1=O)CC(=O)N(C)c1ccc(Cl)cc1-2.Cl. The quantitative estimate of drug-likeness (QED) is 0.709. The Balaban J connectivity index is 0.00000243. The lowest BCUT2D eigenvalue weighted by atomic mass is 10.1. The molecule has 2 aromatic rings. The molecule has 1 aliphatic rings. The van der Waals surface area contributed by atoms with Crippen LogP contribution >= 0.6 is 24.0 Å². The molecule has 1 amide bonds. The summed E-state index contributed by atoms with van der Waals surface area (Å²) in [5, 5.41) is 4.81. The van der Waals surface area contributed by atoms with Crippen molar-refractivity contribution in [1.82, 2.24) is 19.2 Å². The number of aromatic nitrogens is 3. The van der Waals surface area contributed by atoms with Gasteiger partial charge in [0.05, 0.1) is 12.2 Å². The van der Waals surface area contributed by atoms with Crippen LogP contribution in [0, 0.1) is 0 Å². The van der Waals surface area contributed by atoms with Crippen LogP contribution in [0.5, 0.6) is 0 Å². The molecule has 0 spiro atoms. The predicted molar refractivity (Wildman–Crippen MR) is 102 cm³/mol. The first-order valence-corrected chi connectivity index (χ1v) is 8.10. The summed E-state index contributed by atoms with van der Waals surface area (Å²) in [6.45, 7) is 0.583. The summed E-state index contributed by atoms with van der Waals surface area (Å²) in [4.78, 5) is 40.6. The van der Waals surface area contributed by atoms with Crippen molar-refractivity contribution >= 4 is 35.6 Å². The van der Waals surface area contributed by atoms with Crippen molar-refractivity contribution in [1.29, 1.82) is 0 Å². The largest absolute Gasteiger partial charge is 0.332 e. The highest BCUT2D eigenvalue weighted by Gasteiger charge is 2.27. The fraction of sp³-hybridized carbons (Fsp3) is 0.375. The highest BCUT2D eigenvalue weighted by atomic mass is 35.5. The number of fused-ring (bicyclic) bond motifs is 3. The number of benzene rings is 1. The van der Waals surface area contributed by atoms with Gasteiger partial charge in [0.15, 0.2) is 5.82 Å². The van der Waals surface area contributed by atoms with Crippen LogP contribution in [0.4, 0.5) is 5.69 Å². The molecule has 3 rings (SSSR count). The van der Waals surface area contributed by atoms with E-state index in [-0.39, 0.29) is 37.2 Å². The number of halogens is 2. The van der Waals surface area contributed by atoms with Crippen LogP contribution in [0.25, 0.3) is 11.4 Å². The molecular weight excluding hydrogens is 381 g/mol. The maximum absolute atomic E-state index is 12.6. The van der Waals surface area contributed by atoms with E-state index in [0.717, 1.165) is 9.25 Å². The summed E-state index contributed by atoms with van der Waals surface area (Å²) in [6.07, 6.45) is 0. The van der Waals surface area contributed by atoms with Crippen molar-refractivity contribution in [3.8, 4) is 11.4 Å². The van der Waals surface area contributed by atoms with Crippen LogP contribution < -0.4 is 16.0 Å². The third kappa shape index (κ3) is 3.53. The fourth-order valence-corrected chi connectivity index (χ4v) is 2.86. The topological polar surface area (TPSA) is 80.4 Å².